The van der Waals surface area contributed by atoms with Crippen LogP contribution in [0.4, 0.5) is 4.39 Å². The van der Waals surface area contributed by atoms with Gasteiger partial charge in [0.2, 0.25) is 5.91 Å². The van der Waals surface area contributed by atoms with E-state index < -0.39 is 15.4 Å². The summed E-state index contributed by atoms with van der Waals surface area (Å²) >= 11 is 1.25. The van der Waals surface area contributed by atoms with Crippen molar-refractivity contribution < 1.29 is 22.3 Å². The van der Waals surface area contributed by atoms with E-state index >= 15 is 0 Å². The predicted octanol–water partition coefficient (Wildman–Crippen LogP) is 1.20. The van der Waals surface area contributed by atoms with E-state index in [4.69, 9.17) is 4.74 Å². The number of nitrogens with zero attached hydrogens (tertiary/aromatic N) is 4. The van der Waals surface area contributed by atoms with Gasteiger partial charge in [-0.3, -0.25) is 9.69 Å². The fraction of sp³-hybridized carbons (Fsp3) is 0.571. The van der Waals surface area contributed by atoms with Crippen molar-refractivity contribution in [3.8, 4) is 11.4 Å². The highest BCUT2D eigenvalue weighted by Crippen LogP contribution is 2.26. The summed E-state index contributed by atoms with van der Waals surface area (Å²) in [6, 6.07) is 6.08. The van der Waals surface area contributed by atoms with Crippen LogP contribution in [0.5, 0.6) is 0 Å². The van der Waals surface area contributed by atoms with Crippen LogP contribution in [-0.4, -0.2) is 89.6 Å². The fourth-order valence-electron chi connectivity index (χ4n) is 4.09. The summed E-state index contributed by atoms with van der Waals surface area (Å²) in [4.78, 5) is 14.9. The Morgan fingerprint density at radius 2 is 1.94 bits per heavy atom. The van der Waals surface area contributed by atoms with E-state index in [0.717, 1.165) is 25.2 Å². The molecule has 1 atom stereocenters. The standard InChI is InChI=1S/C21H28FN5O4S2/c1-21(6-13-33(29,30)15-21)23-18(28)14-32-20-25-24-19(16-2-4-17(22)5-3-16)27(20)8-7-26-9-11-31-12-10-26/h2-5H,6-15H2,1H3,(H,23,28)/t21-/m1/s1. The molecule has 0 saturated carbocycles. The van der Waals surface area contributed by atoms with Gasteiger partial charge in [0.1, 0.15) is 5.82 Å². The number of amides is 1. The quantitative estimate of drug-likeness (QED) is 0.543. The van der Waals surface area contributed by atoms with Gasteiger partial charge in [-0.05, 0) is 37.6 Å². The van der Waals surface area contributed by atoms with Gasteiger partial charge in [-0.1, -0.05) is 11.8 Å². The average Bonchev–Trinajstić information content (AvgIpc) is 3.31. The molecule has 2 aromatic rings. The van der Waals surface area contributed by atoms with Gasteiger partial charge >= 0.3 is 0 Å². The molecule has 2 aliphatic rings. The minimum atomic E-state index is -3.11. The molecule has 3 heterocycles. The number of rotatable bonds is 8. The van der Waals surface area contributed by atoms with Crippen LogP contribution in [-0.2, 0) is 25.9 Å². The zero-order valence-corrected chi connectivity index (χ0v) is 20.1. The molecule has 1 aromatic heterocycles. The summed E-state index contributed by atoms with van der Waals surface area (Å²) in [6.07, 6.45) is 0.413. The molecular weight excluding hydrogens is 469 g/mol. The van der Waals surface area contributed by atoms with Crippen LogP contribution in [0.15, 0.2) is 29.4 Å². The number of halogens is 1. The summed E-state index contributed by atoms with van der Waals surface area (Å²) < 4.78 is 44.4. The molecular formula is C21H28FN5O4S2. The van der Waals surface area contributed by atoms with Crippen LogP contribution in [0.2, 0.25) is 0 Å². The Morgan fingerprint density at radius 3 is 2.61 bits per heavy atom. The van der Waals surface area contributed by atoms with Crippen LogP contribution in [0.3, 0.4) is 0 Å². The number of sulfone groups is 1. The second-order valence-electron chi connectivity index (χ2n) is 8.66. The molecule has 2 fully saturated rings. The SMILES string of the molecule is C[C@@]1(NC(=O)CSc2nnc(-c3ccc(F)cc3)n2CCN2CCOCC2)CCS(=O)(=O)C1. The first kappa shape index (κ1) is 24.1. The number of nitrogens with one attached hydrogen (secondary N) is 1. The Balaban J connectivity index is 1.45. The normalized spacial score (nSPS) is 23.0. The van der Waals surface area contributed by atoms with Crippen molar-refractivity contribution in [1.29, 1.82) is 0 Å². The minimum absolute atomic E-state index is 0.0408. The van der Waals surface area contributed by atoms with E-state index in [1.54, 1.807) is 19.1 Å². The molecule has 180 valence electrons. The van der Waals surface area contributed by atoms with Crippen LogP contribution < -0.4 is 5.32 Å². The summed E-state index contributed by atoms with van der Waals surface area (Å²) in [7, 11) is -3.11. The van der Waals surface area contributed by atoms with Gasteiger partial charge in [-0.15, -0.1) is 10.2 Å². The number of morpholine rings is 1. The highest BCUT2D eigenvalue weighted by molar-refractivity contribution is 7.99. The highest BCUT2D eigenvalue weighted by atomic mass is 32.2. The van der Waals surface area contributed by atoms with E-state index in [2.05, 4.69) is 20.4 Å². The largest absolute Gasteiger partial charge is 0.379 e. The first-order chi connectivity index (χ1) is 15.7. The van der Waals surface area contributed by atoms with Gasteiger partial charge < -0.3 is 14.6 Å². The lowest BCUT2D eigenvalue weighted by Crippen LogP contribution is -2.47. The number of carbonyl (C=O) groups excluding carboxylic acids is 1. The number of benzene rings is 1. The van der Waals surface area contributed by atoms with Gasteiger partial charge in [0.25, 0.3) is 0 Å². The molecule has 0 radical (unpaired) electrons. The maximum atomic E-state index is 13.4. The van der Waals surface area contributed by atoms with Crippen LogP contribution >= 0.6 is 11.8 Å². The van der Waals surface area contributed by atoms with E-state index in [0.29, 0.717) is 37.2 Å². The van der Waals surface area contributed by atoms with Crippen molar-refractivity contribution in [1.82, 2.24) is 25.0 Å². The molecule has 0 bridgehead atoms. The van der Waals surface area contributed by atoms with Crippen LogP contribution in [0, 0.1) is 5.82 Å². The van der Waals surface area contributed by atoms with Gasteiger partial charge in [0.15, 0.2) is 20.8 Å². The molecule has 0 unspecified atom stereocenters. The summed E-state index contributed by atoms with van der Waals surface area (Å²) in [5.74, 6) is 0.182. The molecule has 12 heteroatoms. The first-order valence-corrected chi connectivity index (χ1v) is 13.7. The maximum absolute atomic E-state index is 13.4. The second-order valence-corrected chi connectivity index (χ2v) is 11.8. The maximum Gasteiger partial charge on any atom is 0.230 e. The lowest BCUT2D eigenvalue weighted by molar-refractivity contribution is -0.120. The smallest absolute Gasteiger partial charge is 0.230 e. The van der Waals surface area contributed by atoms with E-state index in [9.17, 15) is 17.6 Å². The topological polar surface area (TPSA) is 106 Å². The number of carbonyl (C=O) groups is 1. The molecule has 9 nitrogen and oxygen atoms in total. The Kier molecular flexibility index (Phi) is 7.37. The van der Waals surface area contributed by atoms with E-state index in [1.165, 1.54) is 23.9 Å². The monoisotopic (exact) mass is 497 g/mol. The van der Waals surface area contributed by atoms with Gasteiger partial charge in [-0.2, -0.15) is 0 Å². The molecule has 2 aliphatic heterocycles. The van der Waals surface area contributed by atoms with Crippen LogP contribution in [0.25, 0.3) is 11.4 Å². The Labute approximate surface area is 197 Å². The van der Waals surface area contributed by atoms with Crippen molar-refractivity contribution in [2.45, 2.75) is 30.6 Å². The Bertz CT molecular complexity index is 1090. The van der Waals surface area contributed by atoms with E-state index in [1.807, 2.05) is 4.57 Å². The minimum Gasteiger partial charge on any atom is -0.379 e. The van der Waals surface area contributed by atoms with Crippen molar-refractivity contribution in [3.63, 3.8) is 0 Å². The number of aromatic nitrogens is 3. The molecule has 33 heavy (non-hydrogen) atoms. The molecule has 4 rings (SSSR count). The number of hydrogen-bond acceptors (Lipinski definition) is 8. The summed E-state index contributed by atoms with van der Waals surface area (Å²) in [6.45, 7) is 6.23. The zero-order valence-electron chi connectivity index (χ0n) is 18.5. The second kappa shape index (κ2) is 10.1. The van der Waals surface area contributed by atoms with Gasteiger partial charge in [0.05, 0.1) is 36.0 Å². The summed E-state index contributed by atoms with van der Waals surface area (Å²) in [5.41, 5.74) is 0.00518. The molecule has 0 aliphatic carbocycles. The Morgan fingerprint density at radius 1 is 1.21 bits per heavy atom. The van der Waals surface area contributed by atoms with Gasteiger partial charge in [0, 0.05) is 31.7 Å². The predicted molar refractivity (Wildman–Crippen MR) is 123 cm³/mol. The number of ether oxygens (including phenoxy) is 1. The summed E-state index contributed by atoms with van der Waals surface area (Å²) in [5, 5.41) is 12.0. The highest BCUT2D eigenvalue weighted by Gasteiger charge is 2.39. The fourth-order valence-corrected chi connectivity index (χ4v) is 6.95. The van der Waals surface area contributed by atoms with Gasteiger partial charge in [-0.25, -0.2) is 12.8 Å². The van der Waals surface area contributed by atoms with Crippen LogP contribution in [0.1, 0.15) is 13.3 Å². The molecule has 1 N–H and O–H groups in total. The number of hydrogen-bond donors (Lipinski definition) is 1. The average molecular weight is 498 g/mol. The van der Waals surface area contributed by atoms with Crippen molar-refractivity contribution in [2.24, 2.45) is 0 Å². The first-order valence-electron chi connectivity index (χ1n) is 10.9. The molecule has 1 aromatic carbocycles. The lowest BCUT2D eigenvalue weighted by Gasteiger charge is -2.27. The third kappa shape index (κ3) is 6.31. The zero-order chi connectivity index (χ0) is 23.5. The molecule has 2 saturated heterocycles. The molecule has 1 amide bonds. The lowest BCUT2D eigenvalue weighted by atomic mass is 10.0. The van der Waals surface area contributed by atoms with E-state index in [-0.39, 0.29) is 29.0 Å². The molecule has 0 spiro atoms. The van der Waals surface area contributed by atoms with Crippen molar-refractivity contribution >= 4 is 27.5 Å². The third-order valence-corrected chi connectivity index (χ3v) is 8.71. The van der Waals surface area contributed by atoms with Crippen molar-refractivity contribution in [3.05, 3.63) is 30.1 Å². The third-order valence-electron chi connectivity index (χ3n) is 5.84. The van der Waals surface area contributed by atoms with Crippen molar-refractivity contribution in [2.75, 3.05) is 50.1 Å². The number of thioether (sulfide) groups is 1. The Hall–Kier alpha value is -2.02.